The van der Waals surface area contributed by atoms with Crippen molar-refractivity contribution in [1.29, 1.82) is 0 Å². The highest BCUT2D eigenvalue weighted by molar-refractivity contribution is 7.80. The van der Waals surface area contributed by atoms with Gasteiger partial charge in [0.15, 0.2) is 5.11 Å². The van der Waals surface area contributed by atoms with E-state index in [1.54, 1.807) is 0 Å². The van der Waals surface area contributed by atoms with Gasteiger partial charge < -0.3 is 31.3 Å². The highest BCUT2D eigenvalue weighted by Gasteiger charge is 2.29. The van der Waals surface area contributed by atoms with Crippen molar-refractivity contribution in [3.8, 4) is 0 Å². The molecule has 0 aliphatic rings. The van der Waals surface area contributed by atoms with Crippen LogP contribution in [-0.4, -0.2) is 67.9 Å². The Labute approximate surface area is 97.0 Å². The van der Waals surface area contributed by atoms with E-state index in [2.05, 4.69) is 22.7 Å². The van der Waals surface area contributed by atoms with Crippen molar-refractivity contribution in [3.63, 3.8) is 0 Å². The fourth-order valence-corrected chi connectivity index (χ4v) is 0.856. The molecule has 0 rings (SSSR count). The molecule has 16 heavy (non-hydrogen) atoms. The molecule has 0 aromatic heterocycles. The molecule has 0 aromatic rings. The third kappa shape index (κ3) is 5.30. The molecule has 4 atom stereocenters. The lowest BCUT2D eigenvalue weighted by Gasteiger charge is -2.23. The number of hydrogen-bond donors (Lipinski definition) is 7. The number of rotatable bonds is 6. The van der Waals surface area contributed by atoms with E-state index in [4.69, 9.17) is 15.9 Å². The Hall–Kier alpha value is -0.840. The van der Waals surface area contributed by atoms with Gasteiger partial charge in [-0.3, -0.25) is 5.43 Å². The van der Waals surface area contributed by atoms with Crippen LogP contribution in [0.25, 0.3) is 0 Å². The maximum Gasteiger partial charge on any atom is 0.184 e. The number of nitrogens with two attached hydrogens (primary N) is 1. The number of hydrazone groups is 1. The quantitative estimate of drug-likeness (QED) is 0.145. The minimum absolute atomic E-state index is 0.131. The third-order valence-corrected chi connectivity index (χ3v) is 1.77. The summed E-state index contributed by atoms with van der Waals surface area (Å²) in [6.07, 6.45) is -5.65. The van der Waals surface area contributed by atoms with Gasteiger partial charge in [-0.25, -0.2) is 0 Å². The molecule has 0 heterocycles. The normalized spacial score (nSPS) is 19.1. The predicted molar refractivity (Wildman–Crippen MR) is 59.5 cm³/mol. The van der Waals surface area contributed by atoms with Crippen molar-refractivity contribution >= 4 is 23.5 Å². The fourth-order valence-electron chi connectivity index (χ4n) is 0.803. The Kier molecular flexibility index (Phi) is 7.05. The number of hydrogen-bond acceptors (Lipinski definition) is 7. The molecule has 0 spiro atoms. The maximum absolute atomic E-state index is 9.30. The second-order valence-electron chi connectivity index (χ2n) is 2.98. The fraction of sp³-hybridized carbons (Fsp3) is 0.714. The molecule has 9 heteroatoms. The van der Waals surface area contributed by atoms with Crippen LogP contribution in [0.5, 0.6) is 0 Å². The summed E-state index contributed by atoms with van der Waals surface area (Å²) in [5.41, 5.74) is 7.15. The Morgan fingerprint density at radius 1 is 1.31 bits per heavy atom. The molecule has 0 aliphatic heterocycles. The maximum atomic E-state index is 9.30. The average Bonchev–Trinajstić information content (AvgIpc) is 2.25. The van der Waals surface area contributed by atoms with Crippen LogP contribution in [0, 0.1) is 0 Å². The number of nitrogens with one attached hydrogen (secondary N) is 1. The van der Waals surface area contributed by atoms with Gasteiger partial charge in [0, 0.05) is 0 Å². The summed E-state index contributed by atoms with van der Waals surface area (Å²) in [6.45, 7) is -0.743. The first-order chi connectivity index (χ1) is 7.40. The van der Waals surface area contributed by atoms with Gasteiger partial charge in [-0.1, -0.05) is 0 Å². The van der Waals surface area contributed by atoms with E-state index < -0.39 is 31.0 Å². The topological polar surface area (TPSA) is 152 Å². The summed E-state index contributed by atoms with van der Waals surface area (Å²) >= 11 is 4.41. The zero-order valence-corrected chi connectivity index (χ0v) is 9.08. The lowest BCUT2D eigenvalue weighted by Crippen LogP contribution is -2.46. The SMILES string of the molecule is NC(=S)N/N=C\C(O)C(O)C(O)C(O)CO. The number of aliphatic hydroxyl groups is 5. The summed E-state index contributed by atoms with van der Waals surface area (Å²) in [6, 6.07) is 0. The van der Waals surface area contributed by atoms with E-state index in [0.717, 1.165) is 6.21 Å². The van der Waals surface area contributed by atoms with E-state index in [9.17, 15) is 15.3 Å². The molecule has 4 unspecified atom stereocenters. The van der Waals surface area contributed by atoms with E-state index in [0.29, 0.717) is 0 Å². The van der Waals surface area contributed by atoms with Gasteiger partial charge in [0.1, 0.15) is 24.4 Å². The minimum Gasteiger partial charge on any atom is -0.394 e. The average molecular weight is 253 g/mol. The van der Waals surface area contributed by atoms with Crippen LogP contribution in [0.2, 0.25) is 0 Å². The molecule has 0 saturated heterocycles. The summed E-state index contributed by atoms with van der Waals surface area (Å²) < 4.78 is 0. The van der Waals surface area contributed by atoms with Crippen LogP contribution in [-0.2, 0) is 0 Å². The zero-order valence-electron chi connectivity index (χ0n) is 8.26. The first-order valence-electron chi connectivity index (χ1n) is 4.32. The summed E-state index contributed by atoms with van der Waals surface area (Å²) in [5, 5.41) is 48.5. The third-order valence-electron chi connectivity index (χ3n) is 1.68. The van der Waals surface area contributed by atoms with E-state index in [-0.39, 0.29) is 5.11 Å². The Balaban J connectivity index is 4.21. The van der Waals surface area contributed by atoms with Gasteiger partial charge in [0.2, 0.25) is 0 Å². The Morgan fingerprint density at radius 3 is 2.31 bits per heavy atom. The second kappa shape index (κ2) is 7.44. The van der Waals surface area contributed by atoms with Crippen molar-refractivity contribution in [2.24, 2.45) is 10.8 Å². The molecule has 0 radical (unpaired) electrons. The van der Waals surface area contributed by atoms with Gasteiger partial charge >= 0.3 is 0 Å². The van der Waals surface area contributed by atoms with Gasteiger partial charge in [-0.05, 0) is 12.2 Å². The van der Waals surface area contributed by atoms with E-state index in [1.807, 2.05) is 0 Å². The molecule has 0 aromatic carbocycles. The Morgan fingerprint density at radius 2 is 1.88 bits per heavy atom. The van der Waals surface area contributed by atoms with E-state index >= 15 is 0 Å². The van der Waals surface area contributed by atoms with Crippen LogP contribution in [0.15, 0.2) is 5.10 Å². The van der Waals surface area contributed by atoms with Gasteiger partial charge in [0.05, 0.1) is 12.8 Å². The molecular weight excluding hydrogens is 238 g/mol. The Bertz CT molecular complexity index is 252. The van der Waals surface area contributed by atoms with Crippen LogP contribution in [0.4, 0.5) is 0 Å². The van der Waals surface area contributed by atoms with Gasteiger partial charge in [-0.15, -0.1) is 0 Å². The molecule has 8 nitrogen and oxygen atoms in total. The summed E-state index contributed by atoms with van der Waals surface area (Å²) in [7, 11) is 0. The molecule has 0 aliphatic carbocycles. The zero-order chi connectivity index (χ0) is 12.7. The lowest BCUT2D eigenvalue weighted by atomic mass is 10.0. The number of nitrogens with zero attached hydrogens (tertiary/aromatic N) is 1. The van der Waals surface area contributed by atoms with Crippen LogP contribution in [0.3, 0.4) is 0 Å². The smallest absolute Gasteiger partial charge is 0.184 e. The van der Waals surface area contributed by atoms with Crippen molar-refractivity contribution in [1.82, 2.24) is 5.43 Å². The molecule has 0 saturated carbocycles. The highest BCUT2D eigenvalue weighted by atomic mass is 32.1. The lowest BCUT2D eigenvalue weighted by molar-refractivity contribution is -0.0999. The molecule has 0 amide bonds. The predicted octanol–water partition coefficient (Wildman–Crippen LogP) is -3.76. The van der Waals surface area contributed by atoms with Crippen LogP contribution < -0.4 is 11.2 Å². The van der Waals surface area contributed by atoms with Gasteiger partial charge in [0.25, 0.3) is 0 Å². The number of aliphatic hydroxyl groups excluding tert-OH is 5. The molecule has 0 fully saturated rings. The first kappa shape index (κ1) is 15.2. The van der Waals surface area contributed by atoms with Crippen LogP contribution >= 0.6 is 12.2 Å². The number of thiocarbonyl (C=S) groups is 1. The monoisotopic (exact) mass is 253 g/mol. The minimum atomic E-state index is -1.70. The van der Waals surface area contributed by atoms with Crippen molar-refractivity contribution < 1.29 is 25.5 Å². The molecule has 0 bridgehead atoms. The summed E-state index contributed by atoms with van der Waals surface area (Å²) in [5.74, 6) is 0. The van der Waals surface area contributed by atoms with E-state index in [1.165, 1.54) is 0 Å². The standard InChI is InChI=1S/C7H15N3O5S/c8-7(16)10-9-1-3(12)5(14)6(15)4(13)2-11/h1,3-6,11-15H,2H2,(H3,8,10,16)/b9-1-. The highest BCUT2D eigenvalue weighted by Crippen LogP contribution is 2.03. The largest absolute Gasteiger partial charge is 0.394 e. The van der Waals surface area contributed by atoms with Crippen LogP contribution in [0.1, 0.15) is 0 Å². The van der Waals surface area contributed by atoms with Crippen molar-refractivity contribution in [3.05, 3.63) is 0 Å². The van der Waals surface area contributed by atoms with Gasteiger partial charge in [-0.2, -0.15) is 5.10 Å². The first-order valence-corrected chi connectivity index (χ1v) is 4.72. The molecule has 8 N–H and O–H groups in total. The van der Waals surface area contributed by atoms with Crippen molar-refractivity contribution in [2.75, 3.05) is 6.61 Å². The summed E-state index contributed by atoms with van der Waals surface area (Å²) in [4.78, 5) is 0. The van der Waals surface area contributed by atoms with Crippen molar-refractivity contribution in [2.45, 2.75) is 24.4 Å². The molecule has 94 valence electrons. The second-order valence-corrected chi connectivity index (χ2v) is 3.42. The molecular formula is C7H15N3O5S.